The summed E-state index contributed by atoms with van der Waals surface area (Å²) in [5.41, 5.74) is 0.949. The molecule has 0 radical (unpaired) electrons. The normalized spacial score (nSPS) is 10.7. The van der Waals surface area contributed by atoms with Gasteiger partial charge in [0.1, 0.15) is 11.4 Å². The number of rotatable bonds is 6. The number of anilines is 2. The van der Waals surface area contributed by atoms with E-state index in [0.29, 0.717) is 22.7 Å². The summed E-state index contributed by atoms with van der Waals surface area (Å²) in [6.07, 6.45) is -0.561. The molecule has 0 saturated heterocycles. The van der Waals surface area contributed by atoms with Crippen molar-refractivity contribution in [2.24, 2.45) is 0 Å². The number of nitrogens with zero attached hydrogens (tertiary/aromatic N) is 1. The molecular formula is C22H27N3O5. The van der Waals surface area contributed by atoms with Gasteiger partial charge in [0.15, 0.2) is 6.61 Å². The maximum absolute atomic E-state index is 12.4. The Bertz CT molecular complexity index is 884. The molecule has 0 atom stereocenters. The van der Waals surface area contributed by atoms with Crippen LogP contribution >= 0.6 is 0 Å². The zero-order valence-electron chi connectivity index (χ0n) is 17.8. The second kappa shape index (κ2) is 9.78. The first-order valence-corrected chi connectivity index (χ1v) is 9.38. The highest BCUT2D eigenvalue weighted by atomic mass is 16.6. The van der Waals surface area contributed by atoms with Gasteiger partial charge < -0.3 is 19.7 Å². The largest absolute Gasteiger partial charge is 0.484 e. The van der Waals surface area contributed by atoms with E-state index in [0.717, 1.165) is 0 Å². The van der Waals surface area contributed by atoms with E-state index in [1.807, 2.05) is 0 Å². The minimum atomic E-state index is -0.591. The van der Waals surface area contributed by atoms with Crippen molar-refractivity contribution in [2.45, 2.75) is 26.4 Å². The van der Waals surface area contributed by atoms with Gasteiger partial charge in [-0.3, -0.25) is 14.9 Å². The number of nitrogens with one attached hydrogen (secondary N) is 2. The summed E-state index contributed by atoms with van der Waals surface area (Å²) in [6.45, 7) is 5.29. The van der Waals surface area contributed by atoms with E-state index in [1.54, 1.807) is 83.4 Å². The van der Waals surface area contributed by atoms with E-state index in [9.17, 15) is 14.4 Å². The molecule has 0 spiro atoms. The average Bonchev–Trinajstić information content (AvgIpc) is 2.66. The minimum absolute atomic E-state index is 0.0532. The maximum Gasteiger partial charge on any atom is 0.412 e. The molecule has 0 unspecified atom stereocenters. The number of hydrogen-bond donors (Lipinski definition) is 2. The molecule has 0 aliphatic rings. The number of likely N-dealkylation sites (N-methyl/N-ethyl adjacent to an activating group) is 1. The van der Waals surface area contributed by atoms with Crippen LogP contribution in [0.15, 0.2) is 48.5 Å². The fraction of sp³-hybridized carbons (Fsp3) is 0.318. The van der Waals surface area contributed by atoms with Gasteiger partial charge in [-0.25, -0.2) is 4.79 Å². The van der Waals surface area contributed by atoms with Crippen molar-refractivity contribution < 1.29 is 23.9 Å². The second-order valence-electron chi connectivity index (χ2n) is 7.76. The predicted molar refractivity (Wildman–Crippen MR) is 115 cm³/mol. The number of benzene rings is 2. The van der Waals surface area contributed by atoms with Crippen LogP contribution in [-0.2, 0) is 9.53 Å². The summed E-state index contributed by atoms with van der Waals surface area (Å²) >= 11 is 0. The zero-order valence-corrected chi connectivity index (χ0v) is 17.8. The Kier molecular flexibility index (Phi) is 7.41. The van der Waals surface area contributed by atoms with Gasteiger partial charge in [-0.1, -0.05) is 0 Å². The molecule has 30 heavy (non-hydrogen) atoms. The molecule has 8 heteroatoms. The van der Waals surface area contributed by atoms with Gasteiger partial charge >= 0.3 is 6.09 Å². The first kappa shape index (κ1) is 22.7. The lowest BCUT2D eigenvalue weighted by Gasteiger charge is -2.19. The van der Waals surface area contributed by atoms with Gasteiger partial charge in [0.05, 0.1) is 0 Å². The second-order valence-corrected chi connectivity index (χ2v) is 7.76. The highest BCUT2D eigenvalue weighted by Crippen LogP contribution is 2.18. The van der Waals surface area contributed by atoms with E-state index in [1.165, 1.54) is 4.90 Å². The molecule has 0 aliphatic heterocycles. The zero-order chi connectivity index (χ0) is 22.3. The fourth-order valence-electron chi connectivity index (χ4n) is 2.24. The van der Waals surface area contributed by atoms with Crippen molar-refractivity contribution in [1.29, 1.82) is 0 Å². The SMILES string of the molecule is CN(C)C(=O)COc1ccc(NC(=O)c2ccc(NC(=O)OC(C)(C)C)cc2)cc1. The third kappa shape index (κ3) is 7.46. The quantitative estimate of drug-likeness (QED) is 0.752. The van der Waals surface area contributed by atoms with Crippen molar-refractivity contribution in [2.75, 3.05) is 31.3 Å². The molecule has 160 valence electrons. The van der Waals surface area contributed by atoms with E-state index in [-0.39, 0.29) is 18.4 Å². The number of amides is 3. The minimum Gasteiger partial charge on any atom is -0.484 e. The van der Waals surface area contributed by atoms with Gasteiger partial charge in [-0.05, 0) is 69.3 Å². The monoisotopic (exact) mass is 413 g/mol. The van der Waals surface area contributed by atoms with Crippen LogP contribution in [0.2, 0.25) is 0 Å². The lowest BCUT2D eigenvalue weighted by Crippen LogP contribution is -2.27. The summed E-state index contributed by atoms with van der Waals surface area (Å²) in [4.78, 5) is 37.2. The predicted octanol–water partition coefficient (Wildman–Crippen LogP) is 3.75. The van der Waals surface area contributed by atoms with Crippen molar-refractivity contribution in [3.63, 3.8) is 0 Å². The lowest BCUT2D eigenvalue weighted by molar-refractivity contribution is -0.130. The Morgan fingerprint density at radius 2 is 1.40 bits per heavy atom. The van der Waals surface area contributed by atoms with Crippen LogP contribution in [0.5, 0.6) is 5.75 Å². The summed E-state index contributed by atoms with van der Waals surface area (Å²) in [6, 6.07) is 13.2. The maximum atomic E-state index is 12.4. The van der Waals surface area contributed by atoms with E-state index >= 15 is 0 Å². The summed E-state index contributed by atoms with van der Waals surface area (Å²) in [7, 11) is 3.31. The Balaban J connectivity index is 1.90. The molecule has 8 nitrogen and oxygen atoms in total. The summed E-state index contributed by atoms with van der Waals surface area (Å²) in [5.74, 6) is 0.0908. The molecule has 0 fully saturated rings. The molecule has 2 aromatic carbocycles. The average molecular weight is 413 g/mol. The third-order valence-electron chi connectivity index (χ3n) is 3.77. The third-order valence-corrected chi connectivity index (χ3v) is 3.77. The van der Waals surface area contributed by atoms with Gasteiger partial charge in [0.25, 0.3) is 11.8 Å². The number of carbonyl (C=O) groups is 3. The first-order chi connectivity index (χ1) is 14.0. The fourth-order valence-corrected chi connectivity index (χ4v) is 2.24. The van der Waals surface area contributed by atoms with Crippen LogP contribution in [0.25, 0.3) is 0 Å². The molecule has 0 aromatic heterocycles. The topological polar surface area (TPSA) is 97.0 Å². The molecule has 2 rings (SSSR count). The van der Waals surface area contributed by atoms with E-state index in [4.69, 9.17) is 9.47 Å². The molecule has 0 aliphatic carbocycles. The highest BCUT2D eigenvalue weighted by Gasteiger charge is 2.16. The van der Waals surface area contributed by atoms with Crippen LogP contribution in [0.4, 0.5) is 16.2 Å². The van der Waals surface area contributed by atoms with E-state index in [2.05, 4.69) is 10.6 Å². The van der Waals surface area contributed by atoms with Crippen LogP contribution in [0, 0.1) is 0 Å². The molecule has 0 heterocycles. The number of carbonyl (C=O) groups excluding carboxylic acids is 3. The summed E-state index contributed by atoms with van der Waals surface area (Å²) in [5, 5.41) is 5.39. The van der Waals surface area contributed by atoms with Crippen molar-refractivity contribution in [3.05, 3.63) is 54.1 Å². The van der Waals surface area contributed by atoms with Gasteiger partial charge in [-0.2, -0.15) is 0 Å². The Labute approximate surface area is 176 Å². The standard InChI is InChI=1S/C22H27N3O5/c1-22(2,3)30-21(28)24-17-8-6-15(7-9-17)20(27)23-16-10-12-18(13-11-16)29-14-19(26)25(4)5/h6-13H,14H2,1-5H3,(H,23,27)(H,24,28). The van der Waals surface area contributed by atoms with Crippen LogP contribution in [-0.4, -0.2) is 49.1 Å². The Hall–Kier alpha value is -3.55. The van der Waals surface area contributed by atoms with Crippen molar-refractivity contribution in [3.8, 4) is 5.75 Å². The van der Waals surface area contributed by atoms with Gasteiger partial charge in [-0.15, -0.1) is 0 Å². The lowest BCUT2D eigenvalue weighted by atomic mass is 10.2. The van der Waals surface area contributed by atoms with Crippen molar-refractivity contribution in [1.82, 2.24) is 4.90 Å². The highest BCUT2D eigenvalue weighted by molar-refractivity contribution is 6.04. The van der Waals surface area contributed by atoms with Crippen LogP contribution < -0.4 is 15.4 Å². The number of hydrogen-bond acceptors (Lipinski definition) is 5. The molecule has 0 saturated carbocycles. The van der Waals surface area contributed by atoms with E-state index < -0.39 is 11.7 Å². The first-order valence-electron chi connectivity index (χ1n) is 9.38. The number of ether oxygens (including phenoxy) is 2. The van der Waals surface area contributed by atoms with Gasteiger partial charge in [0, 0.05) is 31.0 Å². The van der Waals surface area contributed by atoms with Crippen molar-refractivity contribution >= 4 is 29.3 Å². The Morgan fingerprint density at radius 1 is 0.867 bits per heavy atom. The summed E-state index contributed by atoms with van der Waals surface area (Å²) < 4.78 is 10.6. The van der Waals surface area contributed by atoms with Crippen LogP contribution in [0.1, 0.15) is 31.1 Å². The molecule has 0 bridgehead atoms. The smallest absolute Gasteiger partial charge is 0.412 e. The molecule has 2 aromatic rings. The van der Waals surface area contributed by atoms with Gasteiger partial charge in [0.2, 0.25) is 0 Å². The molecular weight excluding hydrogens is 386 g/mol. The Morgan fingerprint density at radius 3 is 1.93 bits per heavy atom. The molecule has 2 N–H and O–H groups in total. The molecule has 3 amide bonds. The van der Waals surface area contributed by atoms with Crippen LogP contribution in [0.3, 0.4) is 0 Å².